The van der Waals surface area contributed by atoms with Crippen LogP contribution in [0.1, 0.15) is 18.5 Å². The number of nitrogens with two attached hydrogens (primary N) is 1. The van der Waals surface area contributed by atoms with Crippen molar-refractivity contribution in [1.29, 1.82) is 0 Å². The lowest BCUT2D eigenvalue weighted by atomic mass is 10.1. The average molecular weight is 286 g/mol. The molecule has 1 unspecified atom stereocenters. The summed E-state index contributed by atoms with van der Waals surface area (Å²) in [5.74, 6) is -1.85. The lowest BCUT2D eigenvalue weighted by Gasteiger charge is -2.13. The molecule has 1 atom stereocenters. The summed E-state index contributed by atoms with van der Waals surface area (Å²) in [6.45, 7) is 1.77. The van der Waals surface area contributed by atoms with Crippen LogP contribution in [0.3, 0.4) is 0 Å². The van der Waals surface area contributed by atoms with E-state index in [1.54, 1.807) is 12.3 Å². The number of hydrogen-bond donors (Lipinski definition) is 4. The molecule has 0 bridgehead atoms. The van der Waals surface area contributed by atoms with Gasteiger partial charge < -0.3 is 16.2 Å². The van der Waals surface area contributed by atoms with Crippen LogP contribution in [0.25, 0.3) is 0 Å². The molecule has 5 N–H and O–H groups in total. The second-order valence-corrected chi connectivity index (χ2v) is 4.65. The molecule has 0 aliphatic carbocycles. The summed E-state index contributed by atoms with van der Waals surface area (Å²) in [4.78, 5) is 37.0. The Balaban J connectivity index is 2.51. The van der Waals surface area contributed by atoms with Gasteiger partial charge in [0.1, 0.15) is 6.04 Å². The van der Waals surface area contributed by atoms with Crippen LogP contribution < -0.4 is 16.4 Å². The van der Waals surface area contributed by atoms with E-state index in [0.717, 1.165) is 5.69 Å². The molecule has 0 spiro atoms. The van der Waals surface area contributed by atoms with Crippen LogP contribution in [-0.4, -0.2) is 34.0 Å². The molecule has 104 valence electrons. The fraction of sp³-hybridized carbons (Fsp3) is 0.400. The highest BCUT2D eigenvalue weighted by atomic mass is 32.1. The number of aryl methyl sites for hydroxylation is 1. The summed E-state index contributed by atoms with van der Waals surface area (Å²) < 4.78 is 0. The number of carbonyl (C=O) groups is 3. The number of thiazole rings is 1. The molecule has 3 amide bonds. The Morgan fingerprint density at radius 2 is 2.21 bits per heavy atom. The fourth-order valence-corrected chi connectivity index (χ4v) is 1.93. The number of primary amides is 1. The van der Waals surface area contributed by atoms with Crippen molar-refractivity contribution in [2.24, 2.45) is 5.73 Å². The molecular weight excluding hydrogens is 272 g/mol. The minimum atomic E-state index is -1.23. The highest BCUT2D eigenvalue weighted by molar-refractivity contribution is 7.13. The van der Waals surface area contributed by atoms with Crippen molar-refractivity contribution in [3.8, 4) is 0 Å². The predicted octanol–water partition coefficient (Wildman–Crippen LogP) is 0.292. The Kier molecular flexibility index (Phi) is 5.24. The number of hydrogen-bond acceptors (Lipinski definition) is 5. The van der Waals surface area contributed by atoms with Gasteiger partial charge in [0.05, 0.1) is 5.69 Å². The predicted molar refractivity (Wildman–Crippen MR) is 68.9 cm³/mol. The van der Waals surface area contributed by atoms with Gasteiger partial charge in [0.25, 0.3) is 0 Å². The highest BCUT2D eigenvalue weighted by Crippen LogP contribution is 2.14. The van der Waals surface area contributed by atoms with Gasteiger partial charge in [-0.2, -0.15) is 0 Å². The second-order valence-electron chi connectivity index (χ2n) is 3.79. The number of anilines is 1. The molecule has 0 aliphatic rings. The number of rotatable bonds is 6. The van der Waals surface area contributed by atoms with Crippen molar-refractivity contribution in [3.05, 3.63) is 11.1 Å². The second kappa shape index (κ2) is 6.69. The van der Waals surface area contributed by atoms with Gasteiger partial charge in [-0.1, -0.05) is 0 Å². The largest absolute Gasteiger partial charge is 0.480 e. The Morgan fingerprint density at radius 1 is 1.53 bits per heavy atom. The molecule has 9 heteroatoms. The molecular formula is C10H14N4O4S. The Hall–Kier alpha value is -2.16. The van der Waals surface area contributed by atoms with E-state index in [1.165, 1.54) is 11.3 Å². The minimum absolute atomic E-state index is 0.0605. The molecule has 0 aromatic carbocycles. The van der Waals surface area contributed by atoms with Crippen LogP contribution in [0, 0.1) is 6.92 Å². The SMILES string of the molecule is Cc1csc(NC(=O)NC(CCC(N)=O)C(=O)O)n1. The summed E-state index contributed by atoms with van der Waals surface area (Å²) in [6.07, 6.45) is -0.178. The van der Waals surface area contributed by atoms with Crippen LogP contribution >= 0.6 is 11.3 Å². The first-order valence-electron chi connectivity index (χ1n) is 5.39. The topological polar surface area (TPSA) is 134 Å². The van der Waals surface area contributed by atoms with Gasteiger partial charge in [-0.15, -0.1) is 11.3 Å². The lowest BCUT2D eigenvalue weighted by molar-refractivity contribution is -0.139. The van der Waals surface area contributed by atoms with Gasteiger partial charge >= 0.3 is 12.0 Å². The zero-order chi connectivity index (χ0) is 14.4. The van der Waals surface area contributed by atoms with E-state index in [0.29, 0.717) is 5.13 Å². The first kappa shape index (κ1) is 14.9. The number of nitrogens with zero attached hydrogens (tertiary/aromatic N) is 1. The van der Waals surface area contributed by atoms with E-state index < -0.39 is 23.9 Å². The number of carboxylic acids is 1. The maximum atomic E-state index is 11.5. The average Bonchev–Trinajstić information content (AvgIpc) is 2.69. The zero-order valence-electron chi connectivity index (χ0n) is 10.2. The van der Waals surface area contributed by atoms with Crippen molar-refractivity contribution in [2.75, 3.05) is 5.32 Å². The minimum Gasteiger partial charge on any atom is -0.480 e. The smallest absolute Gasteiger partial charge is 0.326 e. The standard InChI is InChI=1S/C10H14N4O4S/c1-5-4-19-10(12-5)14-9(18)13-6(8(16)17)2-3-7(11)15/h4,6H,2-3H2,1H3,(H2,11,15)(H,16,17)(H2,12,13,14,18). The van der Waals surface area contributed by atoms with Crippen LogP contribution in [0.15, 0.2) is 5.38 Å². The number of nitrogens with one attached hydrogen (secondary N) is 2. The van der Waals surface area contributed by atoms with E-state index in [4.69, 9.17) is 10.8 Å². The van der Waals surface area contributed by atoms with Gasteiger partial charge in [0.2, 0.25) is 5.91 Å². The number of aromatic nitrogens is 1. The first-order chi connectivity index (χ1) is 8.88. The van der Waals surface area contributed by atoms with Crippen molar-refractivity contribution >= 4 is 34.4 Å². The normalized spacial score (nSPS) is 11.6. The maximum absolute atomic E-state index is 11.5. The fourth-order valence-electron chi connectivity index (χ4n) is 1.25. The molecule has 0 radical (unpaired) electrons. The molecule has 0 aliphatic heterocycles. The third-order valence-corrected chi connectivity index (χ3v) is 3.00. The van der Waals surface area contributed by atoms with Crippen molar-refractivity contribution in [1.82, 2.24) is 10.3 Å². The van der Waals surface area contributed by atoms with Crippen LogP contribution in [0.4, 0.5) is 9.93 Å². The van der Waals surface area contributed by atoms with Crippen molar-refractivity contribution < 1.29 is 19.5 Å². The Morgan fingerprint density at radius 3 is 2.68 bits per heavy atom. The Labute approximate surface area is 113 Å². The van der Waals surface area contributed by atoms with Crippen molar-refractivity contribution in [2.45, 2.75) is 25.8 Å². The number of carbonyl (C=O) groups excluding carboxylic acids is 2. The van der Waals surface area contributed by atoms with Gasteiger partial charge in [-0.3, -0.25) is 10.1 Å². The van der Waals surface area contributed by atoms with Crippen LogP contribution in [0.5, 0.6) is 0 Å². The molecule has 19 heavy (non-hydrogen) atoms. The summed E-state index contributed by atoms with van der Waals surface area (Å²) >= 11 is 1.23. The summed E-state index contributed by atoms with van der Waals surface area (Å²) in [5.41, 5.74) is 5.68. The maximum Gasteiger partial charge on any atom is 0.326 e. The van der Waals surface area contributed by atoms with Gasteiger partial charge in [0, 0.05) is 11.8 Å². The molecule has 1 heterocycles. The van der Waals surface area contributed by atoms with E-state index in [2.05, 4.69) is 15.6 Å². The summed E-state index contributed by atoms with van der Waals surface area (Å²) in [5, 5.41) is 15.7. The van der Waals surface area contributed by atoms with Crippen LogP contribution in [-0.2, 0) is 9.59 Å². The third-order valence-electron chi connectivity index (χ3n) is 2.12. The van der Waals surface area contributed by atoms with E-state index in [9.17, 15) is 14.4 Å². The third kappa shape index (κ3) is 5.34. The molecule has 0 saturated heterocycles. The zero-order valence-corrected chi connectivity index (χ0v) is 11.0. The van der Waals surface area contributed by atoms with Gasteiger partial charge in [-0.25, -0.2) is 14.6 Å². The molecule has 1 aromatic rings. The Bertz CT molecular complexity index is 488. The highest BCUT2D eigenvalue weighted by Gasteiger charge is 2.20. The number of aliphatic carboxylic acids is 1. The van der Waals surface area contributed by atoms with Gasteiger partial charge in [0.15, 0.2) is 5.13 Å². The van der Waals surface area contributed by atoms with E-state index >= 15 is 0 Å². The van der Waals surface area contributed by atoms with Crippen LogP contribution in [0.2, 0.25) is 0 Å². The summed E-state index contributed by atoms with van der Waals surface area (Å²) in [7, 11) is 0. The van der Waals surface area contributed by atoms with Gasteiger partial charge in [-0.05, 0) is 13.3 Å². The molecule has 1 rings (SSSR count). The number of amides is 3. The number of urea groups is 1. The molecule has 8 nitrogen and oxygen atoms in total. The quantitative estimate of drug-likeness (QED) is 0.596. The summed E-state index contributed by atoms with van der Waals surface area (Å²) in [6, 6.07) is -1.86. The first-order valence-corrected chi connectivity index (χ1v) is 6.27. The van der Waals surface area contributed by atoms with E-state index in [-0.39, 0.29) is 12.8 Å². The molecule has 0 saturated carbocycles. The van der Waals surface area contributed by atoms with Crippen molar-refractivity contribution in [3.63, 3.8) is 0 Å². The molecule has 1 aromatic heterocycles. The molecule has 0 fully saturated rings. The number of carboxylic acid groups (broad SMARTS) is 1. The van der Waals surface area contributed by atoms with E-state index in [1.807, 2.05) is 0 Å². The monoisotopic (exact) mass is 286 g/mol. The lowest BCUT2D eigenvalue weighted by Crippen LogP contribution is -2.43.